The van der Waals surface area contributed by atoms with Crippen molar-refractivity contribution in [2.24, 2.45) is 0 Å². The van der Waals surface area contributed by atoms with Gasteiger partial charge in [-0.15, -0.1) is 0 Å². The van der Waals surface area contributed by atoms with Crippen LogP contribution in [0.1, 0.15) is 13.8 Å². The number of carbonyl (C=O) groups is 1. The summed E-state index contributed by atoms with van der Waals surface area (Å²) in [6, 6.07) is 0. The maximum atomic E-state index is 10.0. The van der Waals surface area contributed by atoms with Crippen molar-refractivity contribution in [3.05, 3.63) is 11.6 Å². The summed E-state index contributed by atoms with van der Waals surface area (Å²) < 4.78 is 4.96. The molecule has 0 fully saturated rings. The average molecular weight is 144 g/mol. The van der Waals surface area contributed by atoms with E-state index in [-0.39, 0.29) is 0 Å². The second-order valence-electron chi connectivity index (χ2n) is 1.97. The zero-order valence-electron chi connectivity index (χ0n) is 6.26. The SMILES string of the molecule is CCOCC(C)=CC(=O)O. The first-order chi connectivity index (χ1) is 4.66. The number of ether oxygens (including phenoxy) is 1. The second-order valence-corrected chi connectivity index (χ2v) is 1.97. The summed E-state index contributed by atoms with van der Waals surface area (Å²) >= 11 is 0. The molecule has 0 aromatic rings. The highest BCUT2D eigenvalue weighted by atomic mass is 16.5. The molecule has 0 aromatic heterocycles. The molecule has 0 aliphatic heterocycles. The molecule has 0 saturated carbocycles. The Kier molecular flexibility index (Phi) is 4.58. The molecule has 3 heteroatoms. The monoisotopic (exact) mass is 144 g/mol. The van der Waals surface area contributed by atoms with Crippen LogP contribution in [-0.2, 0) is 9.53 Å². The number of aliphatic carboxylic acids is 1. The Hall–Kier alpha value is -0.830. The van der Waals surface area contributed by atoms with Gasteiger partial charge in [0.1, 0.15) is 0 Å². The van der Waals surface area contributed by atoms with Crippen LogP contribution in [0.5, 0.6) is 0 Å². The molecule has 1 N–H and O–H groups in total. The molecule has 0 bridgehead atoms. The van der Waals surface area contributed by atoms with Crippen molar-refractivity contribution in [1.29, 1.82) is 0 Å². The maximum Gasteiger partial charge on any atom is 0.328 e. The Bertz CT molecular complexity index is 138. The van der Waals surface area contributed by atoms with Crippen LogP contribution in [0.4, 0.5) is 0 Å². The third-order valence-corrected chi connectivity index (χ3v) is 0.904. The molecule has 0 aliphatic carbocycles. The topological polar surface area (TPSA) is 46.5 Å². The molecule has 0 rings (SSSR count). The molecule has 10 heavy (non-hydrogen) atoms. The molecule has 0 atom stereocenters. The van der Waals surface area contributed by atoms with Crippen molar-refractivity contribution in [3.63, 3.8) is 0 Å². The highest BCUT2D eigenvalue weighted by molar-refractivity contribution is 5.80. The molecule has 0 spiro atoms. The number of carboxylic acids is 1. The van der Waals surface area contributed by atoms with Gasteiger partial charge in [-0.25, -0.2) is 4.79 Å². The van der Waals surface area contributed by atoms with Crippen molar-refractivity contribution in [3.8, 4) is 0 Å². The Labute approximate surface area is 60.3 Å². The van der Waals surface area contributed by atoms with E-state index in [1.54, 1.807) is 6.92 Å². The first-order valence-electron chi connectivity index (χ1n) is 3.14. The van der Waals surface area contributed by atoms with Crippen LogP contribution in [0.25, 0.3) is 0 Å². The zero-order chi connectivity index (χ0) is 7.98. The number of rotatable bonds is 4. The van der Waals surface area contributed by atoms with Gasteiger partial charge in [0.25, 0.3) is 0 Å². The molecule has 0 heterocycles. The van der Waals surface area contributed by atoms with Gasteiger partial charge < -0.3 is 9.84 Å². The summed E-state index contributed by atoms with van der Waals surface area (Å²) in [7, 11) is 0. The van der Waals surface area contributed by atoms with E-state index in [4.69, 9.17) is 9.84 Å². The van der Waals surface area contributed by atoms with Crippen molar-refractivity contribution >= 4 is 5.97 Å². The summed E-state index contributed by atoms with van der Waals surface area (Å²) in [6.45, 7) is 4.62. The minimum atomic E-state index is -0.919. The van der Waals surface area contributed by atoms with Crippen LogP contribution in [0, 0.1) is 0 Å². The standard InChI is InChI=1S/C7H12O3/c1-3-10-5-6(2)4-7(8)9/h4H,3,5H2,1-2H3,(H,8,9). The molecule has 0 aromatic carbocycles. The summed E-state index contributed by atoms with van der Waals surface area (Å²) in [4.78, 5) is 10.0. The van der Waals surface area contributed by atoms with Crippen LogP contribution < -0.4 is 0 Å². The lowest BCUT2D eigenvalue weighted by Crippen LogP contribution is -1.97. The third kappa shape index (κ3) is 5.31. The van der Waals surface area contributed by atoms with Gasteiger partial charge in [-0.1, -0.05) is 0 Å². The highest BCUT2D eigenvalue weighted by Gasteiger charge is 1.92. The number of hydrogen-bond acceptors (Lipinski definition) is 2. The predicted octanol–water partition coefficient (Wildman–Crippen LogP) is 1.05. The normalized spacial score (nSPS) is 11.6. The predicted molar refractivity (Wildman–Crippen MR) is 37.9 cm³/mol. The minimum absolute atomic E-state index is 0.406. The van der Waals surface area contributed by atoms with E-state index in [0.717, 1.165) is 11.6 Å². The molecular weight excluding hydrogens is 132 g/mol. The Balaban J connectivity index is 3.60. The first-order valence-corrected chi connectivity index (χ1v) is 3.14. The van der Waals surface area contributed by atoms with Crippen molar-refractivity contribution in [2.75, 3.05) is 13.2 Å². The summed E-state index contributed by atoms with van der Waals surface area (Å²) in [6.07, 6.45) is 1.15. The first kappa shape index (κ1) is 9.17. The van der Waals surface area contributed by atoms with E-state index in [1.807, 2.05) is 6.92 Å². The molecule has 3 nitrogen and oxygen atoms in total. The summed E-state index contributed by atoms with van der Waals surface area (Å²) in [5.74, 6) is -0.919. The number of hydrogen-bond donors (Lipinski definition) is 1. The molecule has 0 unspecified atom stereocenters. The minimum Gasteiger partial charge on any atom is -0.478 e. The Morgan fingerprint density at radius 3 is 2.70 bits per heavy atom. The van der Waals surface area contributed by atoms with Gasteiger partial charge in [0.2, 0.25) is 0 Å². The van der Waals surface area contributed by atoms with E-state index in [0.29, 0.717) is 13.2 Å². The van der Waals surface area contributed by atoms with Crippen LogP contribution in [0.2, 0.25) is 0 Å². The van der Waals surface area contributed by atoms with Crippen LogP contribution in [0.15, 0.2) is 11.6 Å². The average Bonchev–Trinajstić information content (AvgIpc) is 1.82. The van der Waals surface area contributed by atoms with Gasteiger partial charge >= 0.3 is 5.97 Å². The van der Waals surface area contributed by atoms with Crippen molar-refractivity contribution < 1.29 is 14.6 Å². The lowest BCUT2D eigenvalue weighted by Gasteiger charge is -1.98. The third-order valence-electron chi connectivity index (χ3n) is 0.904. The zero-order valence-corrected chi connectivity index (χ0v) is 6.26. The van der Waals surface area contributed by atoms with Gasteiger partial charge in [-0.3, -0.25) is 0 Å². The van der Waals surface area contributed by atoms with Crippen molar-refractivity contribution in [2.45, 2.75) is 13.8 Å². The van der Waals surface area contributed by atoms with E-state index in [9.17, 15) is 4.79 Å². The largest absolute Gasteiger partial charge is 0.478 e. The fourth-order valence-corrected chi connectivity index (χ4v) is 0.516. The quantitative estimate of drug-likeness (QED) is 0.600. The summed E-state index contributed by atoms with van der Waals surface area (Å²) in [5.41, 5.74) is 0.731. The van der Waals surface area contributed by atoms with E-state index < -0.39 is 5.97 Å². The van der Waals surface area contributed by atoms with Crippen LogP contribution >= 0.6 is 0 Å². The van der Waals surface area contributed by atoms with Gasteiger partial charge in [0.15, 0.2) is 0 Å². The smallest absolute Gasteiger partial charge is 0.328 e. The molecule has 58 valence electrons. The molecular formula is C7H12O3. The Morgan fingerprint density at radius 1 is 1.70 bits per heavy atom. The van der Waals surface area contributed by atoms with Crippen LogP contribution in [0.3, 0.4) is 0 Å². The molecule has 0 saturated heterocycles. The van der Waals surface area contributed by atoms with Gasteiger partial charge in [-0.2, -0.15) is 0 Å². The van der Waals surface area contributed by atoms with Crippen molar-refractivity contribution in [1.82, 2.24) is 0 Å². The molecule has 0 amide bonds. The van der Waals surface area contributed by atoms with E-state index in [1.165, 1.54) is 0 Å². The van der Waals surface area contributed by atoms with Gasteiger partial charge in [0.05, 0.1) is 6.61 Å². The fraction of sp³-hybridized carbons (Fsp3) is 0.571. The highest BCUT2D eigenvalue weighted by Crippen LogP contribution is 1.92. The van der Waals surface area contributed by atoms with Crippen LogP contribution in [-0.4, -0.2) is 24.3 Å². The van der Waals surface area contributed by atoms with E-state index in [2.05, 4.69) is 0 Å². The van der Waals surface area contributed by atoms with Gasteiger partial charge in [-0.05, 0) is 19.4 Å². The molecule has 0 radical (unpaired) electrons. The number of carboxylic acid groups (broad SMARTS) is 1. The maximum absolute atomic E-state index is 10.0. The molecule has 0 aliphatic rings. The summed E-state index contributed by atoms with van der Waals surface area (Å²) in [5, 5.41) is 8.25. The lowest BCUT2D eigenvalue weighted by atomic mass is 10.3. The Morgan fingerprint density at radius 2 is 2.30 bits per heavy atom. The lowest BCUT2D eigenvalue weighted by molar-refractivity contribution is -0.131. The fourth-order valence-electron chi connectivity index (χ4n) is 0.516. The second kappa shape index (κ2) is 4.99. The van der Waals surface area contributed by atoms with E-state index >= 15 is 0 Å². The van der Waals surface area contributed by atoms with Gasteiger partial charge in [0, 0.05) is 12.7 Å².